The van der Waals surface area contributed by atoms with Crippen molar-refractivity contribution < 1.29 is 9.84 Å². The predicted octanol–water partition coefficient (Wildman–Crippen LogP) is 0.920. The van der Waals surface area contributed by atoms with Gasteiger partial charge in [0.2, 0.25) is 0 Å². The fraction of sp³-hybridized carbons (Fsp3) is 1.00. The predicted molar refractivity (Wildman–Crippen MR) is 39.0 cm³/mol. The number of alkyl halides is 1. The van der Waals surface area contributed by atoms with Gasteiger partial charge in [-0.05, 0) is 6.42 Å². The lowest BCUT2D eigenvalue weighted by Crippen LogP contribution is -2.28. The smallest absolute Gasteiger partial charge is 0.174 e. The molecule has 0 amide bonds. The van der Waals surface area contributed by atoms with Gasteiger partial charge in [-0.15, -0.1) is 0 Å². The van der Waals surface area contributed by atoms with Gasteiger partial charge < -0.3 is 9.84 Å². The van der Waals surface area contributed by atoms with Crippen molar-refractivity contribution in [1.82, 2.24) is 0 Å². The van der Waals surface area contributed by atoms with E-state index < -0.39 is 5.79 Å². The summed E-state index contributed by atoms with van der Waals surface area (Å²) in [4.78, 5) is 0. The molecule has 0 aromatic rings. The molecule has 1 unspecified atom stereocenters. The van der Waals surface area contributed by atoms with Crippen molar-refractivity contribution in [2.24, 2.45) is 0 Å². The van der Waals surface area contributed by atoms with E-state index in [2.05, 4.69) is 22.6 Å². The topological polar surface area (TPSA) is 29.5 Å². The molecule has 1 atom stereocenters. The Morgan fingerprint density at radius 3 is 2.75 bits per heavy atom. The zero-order valence-corrected chi connectivity index (χ0v) is 6.72. The van der Waals surface area contributed by atoms with Gasteiger partial charge in [-0.3, -0.25) is 0 Å². The zero-order valence-electron chi connectivity index (χ0n) is 4.56. The van der Waals surface area contributed by atoms with E-state index in [-0.39, 0.29) is 0 Å². The Hall–Kier alpha value is 0.650. The molecule has 0 aliphatic carbocycles. The molecule has 1 heterocycles. The molecule has 48 valence electrons. The molecule has 0 bridgehead atoms. The van der Waals surface area contributed by atoms with Gasteiger partial charge in [0.15, 0.2) is 5.79 Å². The second-order valence-corrected chi connectivity index (χ2v) is 2.79. The van der Waals surface area contributed by atoms with Crippen molar-refractivity contribution in [1.29, 1.82) is 0 Å². The molecule has 1 saturated heterocycles. The summed E-state index contributed by atoms with van der Waals surface area (Å²) < 4.78 is 5.72. The van der Waals surface area contributed by atoms with Crippen LogP contribution in [0.1, 0.15) is 12.8 Å². The van der Waals surface area contributed by atoms with Gasteiger partial charge >= 0.3 is 0 Å². The van der Waals surface area contributed by atoms with E-state index in [9.17, 15) is 5.11 Å². The Labute approximate surface area is 62.4 Å². The third-order valence-electron chi connectivity index (χ3n) is 1.29. The van der Waals surface area contributed by atoms with Crippen LogP contribution in [0.3, 0.4) is 0 Å². The van der Waals surface area contributed by atoms with Gasteiger partial charge in [-0.1, -0.05) is 22.6 Å². The van der Waals surface area contributed by atoms with Gasteiger partial charge in [0.1, 0.15) is 0 Å². The van der Waals surface area contributed by atoms with Crippen LogP contribution in [-0.4, -0.2) is 21.9 Å². The monoisotopic (exact) mass is 228 g/mol. The van der Waals surface area contributed by atoms with Crippen LogP contribution in [0.5, 0.6) is 0 Å². The third kappa shape index (κ3) is 1.33. The van der Waals surface area contributed by atoms with Crippen molar-refractivity contribution in [3.05, 3.63) is 0 Å². The van der Waals surface area contributed by atoms with E-state index in [0.29, 0.717) is 4.43 Å². The van der Waals surface area contributed by atoms with Crippen LogP contribution < -0.4 is 0 Å². The summed E-state index contributed by atoms with van der Waals surface area (Å²) in [5.41, 5.74) is 0. The first-order valence-corrected chi connectivity index (χ1v) is 4.22. The molecule has 0 aromatic heterocycles. The van der Waals surface area contributed by atoms with Crippen molar-refractivity contribution in [2.75, 3.05) is 11.0 Å². The Kier molecular flexibility index (Phi) is 2.11. The molecule has 0 saturated carbocycles. The maximum Gasteiger partial charge on any atom is 0.174 e. The zero-order chi connectivity index (χ0) is 6.04. The summed E-state index contributed by atoms with van der Waals surface area (Å²) in [6, 6.07) is 0. The number of hydrogen-bond acceptors (Lipinski definition) is 2. The maximum absolute atomic E-state index is 9.27. The second-order valence-electron chi connectivity index (χ2n) is 2.03. The lowest BCUT2D eigenvalue weighted by molar-refractivity contribution is -0.148. The maximum atomic E-state index is 9.27. The summed E-state index contributed by atoms with van der Waals surface area (Å²) in [6.45, 7) is 0.722. The van der Waals surface area contributed by atoms with Crippen LogP contribution in [-0.2, 0) is 4.74 Å². The Morgan fingerprint density at radius 1 is 1.75 bits per heavy atom. The highest BCUT2D eigenvalue weighted by molar-refractivity contribution is 14.1. The standard InChI is InChI=1S/C5H9IO2/c6-4-5(7)2-1-3-8-5/h7H,1-4H2. The van der Waals surface area contributed by atoms with Crippen molar-refractivity contribution >= 4 is 22.6 Å². The summed E-state index contributed by atoms with van der Waals surface area (Å²) in [5, 5.41) is 9.27. The van der Waals surface area contributed by atoms with Crippen LogP contribution in [0.25, 0.3) is 0 Å². The first kappa shape index (κ1) is 6.77. The summed E-state index contributed by atoms with van der Waals surface area (Å²) >= 11 is 2.13. The lowest BCUT2D eigenvalue weighted by Gasteiger charge is -2.16. The number of ether oxygens (including phenoxy) is 1. The summed E-state index contributed by atoms with van der Waals surface area (Å²) in [7, 11) is 0. The molecule has 1 N–H and O–H groups in total. The fourth-order valence-electron chi connectivity index (χ4n) is 0.788. The van der Waals surface area contributed by atoms with Gasteiger partial charge in [-0.2, -0.15) is 0 Å². The largest absolute Gasteiger partial charge is 0.365 e. The van der Waals surface area contributed by atoms with E-state index >= 15 is 0 Å². The summed E-state index contributed by atoms with van der Waals surface area (Å²) in [6.07, 6.45) is 1.80. The minimum absolute atomic E-state index is 0.685. The van der Waals surface area contributed by atoms with Crippen LogP contribution in [0, 0.1) is 0 Å². The number of rotatable bonds is 1. The molecule has 0 aromatic carbocycles. The van der Waals surface area contributed by atoms with E-state index in [1.807, 2.05) is 0 Å². The van der Waals surface area contributed by atoms with Gasteiger partial charge in [-0.25, -0.2) is 0 Å². The Bertz CT molecular complexity index is 78.5. The van der Waals surface area contributed by atoms with E-state index in [1.54, 1.807) is 0 Å². The van der Waals surface area contributed by atoms with Gasteiger partial charge in [0.05, 0.1) is 11.0 Å². The van der Waals surface area contributed by atoms with E-state index in [1.165, 1.54) is 0 Å². The quantitative estimate of drug-likeness (QED) is 0.534. The SMILES string of the molecule is OC1(CI)CCCO1. The molecule has 1 rings (SSSR count). The molecule has 8 heavy (non-hydrogen) atoms. The molecule has 0 radical (unpaired) electrons. The molecule has 1 aliphatic heterocycles. The molecular formula is C5H9IO2. The Balaban J connectivity index is 2.40. The highest BCUT2D eigenvalue weighted by Crippen LogP contribution is 2.23. The lowest BCUT2D eigenvalue weighted by atomic mass is 10.2. The highest BCUT2D eigenvalue weighted by atomic mass is 127. The Morgan fingerprint density at radius 2 is 2.50 bits per heavy atom. The first-order chi connectivity index (χ1) is 3.77. The van der Waals surface area contributed by atoms with Crippen LogP contribution in [0.4, 0.5) is 0 Å². The number of hydrogen-bond donors (Lipinski definition) is 1. The summed E-state index contributed by atoms with van der Waals surface area (Å²) in [5.74, 6) is -0.777. The number of halogens is 1. The molecule has 1 aliphatic rings. The van der Waals surface area contributed by atoms with Crippen molar-refractivity contribution in [3.63, 3.8) is 0 Å². The molecular weight excluding hydrogens is 219 g/mol. The minimum atomic E-state index is -0.777. The normalized spacial score (nSPS) is 38.2. The van der Waals surface area contributed by atoms with Crippen LogP contribution in [0.15, 0.2) is 0 Å². The average Bonchev–Trinajstić information content (AvgIpc) is 2.17. The highest BCUT2D eigenvalue weighted by Gasteiger charge is 2.30. The number of aliphatic hydroxyl groups is 1. The second kappa shape index (κ2) is 2.49. The fourth-order valence-corrected chi connectivity index (χ4v) is 1.39. The van der Waals surface area contributed by atoms with E-state index in [0.717, 1.165) is 19.4 Å². The van der Waals surface area contributed by atoms with Gasteiger partial charge in [0.25, 0.3) is 0 Å². The van der Waals surface area contributed by atoms with Crippen molar-refractivity contribution in [2.45, 2.75) is 18.6 Å². The van der Waals surface area contributed by atoms with Crippen LogP contribution >= 0.6 is 22.6 Å². The molecule has 1 fully saturated rings. The first-order valence-electron chi connectivity index (χ1n) is 2.69. The molecule has 2 nitrogen and oxygen atoms in total. The van der Waals surface area contributed by atoms with Crippen LogP contribution in [0.2, 0.25) is 0 Å². The van der Waals surface area contributed by atoms with Gasteiger partial charge in [0, 0.05) is 6.42 Å². The molecule has 3 heteroatoms. The van der Waals surface area contributed by atoms with Crippen molar-refractivity contribution in [3.8, 4) is 0 Å². The third-order valence-corrected chi connectivity index (χ3v) is 2.48. The molecule has 0 spiro atoms. The minimum Gasteiger partial charge on any atom is -0.365 e. The van der Waals surface area contributed by atoms with E-state index in [4.69, 9.17) is 4.74 Å². The average molecular weight is 228 g/mol.